The summed E-state index contributed by atoms with van der Waals surface area (Å²) in [4.78, 5) is 12.3. The molecule has 0 radical (unpaired) electrons. The van der Waals surface area contributed by atoms with Crippen LogP contribution in [0.15, 0.2) is 29.2 Å². The highest BCUT2D eigenvalue weighted by Gasteiger charge is 2.27. The molecule has 0 heterocycles. The zero-order chi connectivity index (χ0) is 14.6. The number of halogens is 2. The molecule has 1 rings (SSSR count). The number of rotatable bonds is 4. The third-order valence-electron chi connectivity index (χ3n) is 2.56. The Hall–Kier alpha value is -1.14. The van der Waals surface area contributed by atoms with Gasteiger partial charge in [0.05, 0.1) is 6.04 Å². The van der Waals surface area contributed by atoms with Crippen molar-refractivity contribution in [3.8, 4) is 0 Å². The molecule has 0 unspecified atom stereocenters. The monoisotopic (exact) mass is 288 g/mol. The zero-order valence-electron chi connectivity index (χ0n) is 11.1. The van der Waals surface area contributed by atoms with E-state index in [9.17, 15) is 13.6 Å². The van der Waals surface area contributed by atoms with Gasteiger partial charge in [0.25, 0.3) is 5.76 Å². The third-order valence-corrected chi connectivity index (χ3v) is 3.29. The molecule has 1 atom stereocenters. The van der Waals surface area contributed by atoms with Gasteiger partial charge in [-0.1, -0.05) is 32.5 Å². The Balaban J connectivity index is 2.65. The molecule has 1 aromatic carbocycles. The number of hydrogen-bond donors (Lipinski definition) is 2. The average molecular weight is 288 g/mol. The number of alkyl halides is 2. The van der Waals surface area contributed by atoms with Crippen molar-refractivity contribution >= 4 is 23.4 Å². The highest BCUT2D eigenvalue weighted by Crippen LogP contribution is 2.26. The van der Waals surface area contributed by atoms with Crippen molar-refractivity contribution in [3.05, 3.63) is 24.3 Å². The molecule has 0 aliphatic carbocycles. The lowest BCUT2D eigenvalue weighted by Gasteiger charge is -2.25. The van der Waals surface area contributed by atoms with Gasteiger partial charge in [0.15, 0.2) is 0 Å². The minimum atomic E-state index is -2.45. The van der Waals surface area contributed by atoms with Crippen LogP contribution in [0.3, 0.4) is 0 Å². The molecular weight excluding hydrogens is 270 g/mol. The van der Waals surface area contributed by atoms with Crippen molar-refractivity contribution < 1.29 is 13.6 Å². The molecule has 6 heteroatoms. The van der Waals surface area contributed by atoms with Crippen molar-refractivity contribution in [1.29, 1.82) is 0 Å². The predicted octanol–water partition coefficient (Wildman–Crippen LogP) is 3.31. The second kappa shape index (κ2) is 6.34. The first-order valence-corrected chi connectivity index (χ1v) is 6.69. The number of anilines is 1. The van der Waals surface area contributed by atoms with Gasteiger partial charge in [0.1, 0.15) is 0 Å². The maximum absolute atomic E-state index is 12.1. The van der Waals surface area contributed by atoms with E-state index in [1.165, 1.54) is 12.1 Å². The zero-order valence-corrected chi connectivity index (χ0v) is 11.9. The fourth-order valence-electron chi connectivity index (χ4n) is 1.33. The molecule has 3 nitrogen and oxygen atoms in total. The number of nitrogens with one attached hydrogen (secondary N) is 1. The van der Waals surface area contributed by atoms with E-state index < -0.39 is 11.8 Å². The van der Waals surface area contributed by atoms with Crippen LogP contribution in [-0.2, 0) is 4.79 Å². The van der Waals surface area contributed by atoms with Crippen LogP contribution >= 0.6 is 11.8 Å². The van der Waals surface area contributed by atoms with Gasteiger partial charge in [-0.25, -0.2) is 0 Å². The molecule has 0 fully saturated rings. The summed E-state index contributed by atoms with van der Waals surface area (Å²) in [6.45, 7) is 5.62. The first kappa shape index (κ1) is 15.9. The molecular formula is C13H18F2N2OS. The van der Waals surface area contributed by atoms with E-state index in [2.05, 4.69) is 5.32 Å². The van der Waals surface area contributed by atoms with Crippen LogP contribution in [-0.4, -0.2) is 17.7 Å². The van der Waals surface area contributed by atoms with Crippen molar-refractivity contribution in [2.75, 3.05) is 5.32 Å². The average Bonchev–Trinajstić information content (AvgIpc) is 2.28. The summed E-state index contributed by atoms with van der Waals surface area (Å²) in [5, 5.41) is 2.67. The first-order valence-electron chi connectivity index (χ1n) is 5.81. The fourth-order valence-corrected chi connectivity index (χ4v) is 1.83. The highest BCUT2D eigenvalue weighted by molar-refractivity contribution is 7.99. The third kappa shape index (κ3) is 5.16. The van der Waals surface area contributed by atoms with E-state index in [4.69, 9.17) is 5.73 Å². The summed E-state index contributed by atoms with van der Waals surface area (Å²) in [5.74, 6) is -2.74. The number of amides is 1. The van der Waals surface area contributed by atoms with Crippen LogP contribution < -0.4 is 11.1 Å². The summed E-state index contributed by atoms with van der Waals surface area (Å²) in [6, 6.07) is 5.60. The maximum Gasteiger partial charge on any atom is 0.288 e. The van der Waals surface area contributed by atoms with Crippen molar-refractivity contribution in [2.45, 2.75) is 37.5 Å². The largest absolute Gasteiger partial charge is 0.325 e. The molecule has 1 amide bonds. The van der Waals surface area contributed by atoms with E-state index in [1.54, 1.807) is 12.1 Å². The summed E-state index contributed by atoms with van der Waals surface area (Å²) in [6.07, 6.45) is 0. The molecule has 106 valence electrons. The molecule has 0 aromatic heterocycles. The van der Waals surface area contributed by atoms with E-state index >= 15 is 0 Å². The van der Waals surface area contributed by atoms with Gasteiger partial charge in [-0.15, -0.1) is 0 Å². The molecule has 0 aliphatic rings. The van der Waals surface area contributed by atoms with Gasteiger partial charge in [-0.3, -0.25) is 4.79 Å². The van der Waals surface area contributed by atoms with E-state index in [1.807, 2.05) is 20.8 Å². The lowest BCUT2D eigenvalue weighted by Crippen LogP contribution is -2.45. The maximum atomic E-state index is 12.1. The minimum absolute atomic E-state index is 0.290. The normalized spacial score (nSPS) is 13.4. The predicted molar refractivity (Wildman–Crippen MR) is 74.4 cm³/mol. The fraction of sp³-hybridized carbons (Fsp3) is 0.462. The second-order valence-electron chi connectivity index (χ2n) is 5.24. The van der Waals surface area contributed by atoms with Crippen molar-refractivity contribution in [2.24, 2.45) is 11.1 Å². The van der Waals surface area contributed by atoms with E-state index in [0.29, 0.717) is 22.3 Å². The Bertz CT molecular complexity index is 429. The molecule has 0 aliphatic heterocycles. The molecule has 0 saturated heterocycles. The summed E-state index contributed by atoms with van der Waals surface area (Å²) < 4.78 is 24.3. The smallest absolute Gasteiger partial charge is 0.288 e. The number of carbonyl (C=O) groups excluding carboxylic acids is 1. The first-order chi connectivity index (χ1) is 8.70. The number of carbonyl (C=O) groups is 1. The van der Waals surface area contributed by atoms with Crippen LogP contribution in [0, 0.1) is 5.41 Å². The van der Waals surface area contributed by atoms with Crippen LogP contribution in [0.5, 0.6) is 0 Å². The van der Waals surface area contributed by atoms with Crippen molar-refractivity contribution in [3.63, 3.8) is 0 Å². The van der Waals surface area contributed by atoms with Gasteiger partial charge >= 0.3 is 0 Å². The van der Waals surface area contributed by atoms with Crippen LogP contribution in [0.1, 0.15) is 20.8 Å². The van der Waals surface area contributed by atoms with Gasteiger partial charge in [-0.05, 0) is 29.7 Å². The Morgan fingerprint density at radius 3 is 2.21 bits per heavy atom. The topological polar surface area (TPSA) is 55.1 Å². The number of thioether (sulfide) groups is 1. The lowest BCUT2D eigenvalue weighted by molar-refractivity contribution is -0.119. The Morgan fingerprint density at radius 2 is 1.79 bits per heavy atom. The molecule has 3 N–H and O–H groups in total. The molecule has 0 saturated carbocycles. The Morgan fingerprint density at radius 1 is 1.26 bits per heavy atom. The molecule has 0 spiro atoms. The quantitative estimate of drug-likeness (QED) is 0.836. The molecule has 0 bridgehead atoms. The van der Waals surface area contributed by atoms with Gasteiger partial charge in [0.2, 0.25) is 5.91 Å². The molecule has 19 heavy (non-hydrogen) atoms. The summed E-state index contributed by atoms with van der Waals surface area (Å²) >= 11 is 0.466. The van der Waals surface area contributed by atoms with Crippen LogP contribution in [0.2, 0.25) is 0 Å². The van der Waals surface area contributed by atoms with Gasteiger partial charge in [-0.2, -0.15) is 8.78 Å². The van der Waals surface area contributed by atoms with Gasteiger partial charge in [0, 0.05) is 10.6 Å². The number of benzene rings is 1. The summed E-state index contributed by atoms with van der Waals surface area (Å²) in [5.41, 5.74) is 6.03. The van der Waals surface area contributed by atoms with E-state index in [-0.39, 0.29) is 11.3 Å². The Labute approximate surface area is 115 Å². The second-order valence-corrected chi connectivity index (χ2v) is 6.30. The Kier molecular flexibility index (Phi) is 5.31. The van der Waals surface area contributed by atoms with Crippen LogP contribution in [0.4, 0.5) is 14.5 Å². The minimum Gasteiger partial charge on any atom is -0.325 e. The van der Waals surface area contributed by atoms with Crippen LogP contribution in [0.25, 0.3) is 0 Å². The van der Waals surface area contributed by atoms with E-state index in [0.717, 1.165) is 0 Å². The number of nitrogens with two attached hydrogens (primary N) is 1. The molecule has 1 aromatic rings. The summed E-state index contributed by atoms with van der Waals surface area (Å²) in [7, 11) is 0. The van der Waals surface area contributed by atoms with Crippen molar-refractivity contribution in [1.82, 2.24) is 0 Å². The number of hydrogen-bond acceptors (Lipinski definition) is 3. The van der Waals surface area contributed by atoms with Gasteiger partial charge < -0.3 is 11.1 Å². The lowest BCUT2D eigenvalue weighted by atomic mass is 9.87. The highest BCUT2D eigenvalue weighted by atomic mass is 32.2. The SMILES string of the molecule is CC(C)(C)[C@@H](N)C(=O)Nc1ccc(SC(F)F)cc1. The standard InChI is InChI=1S/C13H18F2N2OS/c1-13(2,3)10(16)11(18)17-8-4-6-9(7-5-8)19-12(14)15/h4-7,10,12H,16H2,1-3H3,(H,17,18)/t10-/m0/s1.